The normalized spacial score (nSPS) is 19.7. The van der Waals surface area contributed by atoms with Crippen molar-refractivity contribution in [3.05, 3.63) is 58.6 Å². The van der Waals surface area contributed by atoms with E-state index in [0.717, 1.165) is 23.0 Å². The topological polar surface area (TPSA) is 58.6 Å². The van der Waals surface area contributed by atoms with Gasteiger partial charge >= 0.3 is 0 Å². The number of rotatable bonds is 6. The van der Waals surface area contributed by atoms with Crippen molar-refractivity contribution in [2.45, 2.75) is 44.1 Å². The average molecular weight is 457 g/mol. The molecule has 1 aliphatic carbocycles. The van der Waals surface area contributed by atoms with E-state index in [4.69, 9.17) is 4.74 Å². The van der Waals surface area contributed by atoms with Gasteiger partial charge in [0.2, 0.25) is 5.91 Å². The first-order valence-electron chi connectivity index (χ1n) is 10.1. The molecule has 29 heavy (non-hydrogen) atoms. The van der Waals surface area contributed by atoms with Crippen molar-refractivity contribution in [3.63, 3.8) is 0 Å². The zero-order chi connectivity index (χ0) is 20.4. The smallest absolute Gasteiger partial charge is 0.267 e. The van der Waals surface area contributed by atoms with E-state index in [0.29, 0.717) is 18.8 Å². The summed E-state index contributed by atoms with van der Waals surface area (Å²) in [5.41, 5.74) is 2.02. The molecule has 4 rings (SSSR count). The third-order valence-electron chi connectivity index (χ3n) is 6.01. The van der Waals surface area contributed by atoms with E-state index in [-0.39, 0.29) is 23.7 Å². The maximum atomic E-state index is 12.6. The second kappa shape index (κ2) is 8.19. The summed E-state index contributed by atoms with van der Waals surface area (Å²) in [5.74, 6) is 0.542. The number of hydrogen-bond acceptors (Lipinski definition) is 3. The lowest BCUT2D eigenvalue weighted by atomic mass is 9.64. The molecule has 0 spiro atoms. The van der Waals surface area contributed by atoms with Gasteiger partial charge in [-0.3, -0.25) is 9.59 Å². The number of amides is 2. The molecule has 1 saturated carbocycles. The third kappa shape index (κ3) is 4.04. The van der Waals surface area contributed by atoms with Crippen LogP contribution in [0.2, 0.25) is 0 Å². The number of benzene rings is 2. The van der Waals surface area contributed by atoms with E-state index in [1.54, 1.807) is 11.8 Å². The van der Waals surface area contributed by atoms with Gasteiger partial charge in [0.25, 0.3) is 5.91 Å². The summed E-state index contributed by atoms with van der Waals surface area (Å²) >= 11 is 3.55. The summed E-state index contributed by atoms with van der Waals surface area (Å²) < 4.78 is 6.72. The Morgan fingerprint density at radius 1 is 1.24 bits per heavy atom. The molecule has 1 N–H and O–H groups in total. The van der Waals surface area contributed by atoms with E-state index in [1.807, 2.05) is 36.4 Å². The van der Waals surface area contributed by atoms with Crippen LogP contribution in [0.4, 0.5) is 5.69 Å². The van der Waals surface area contributed by atoms with Gasteiger partial charge in [-0.2, -0.15) is 0 Å². The Labute approximate surface area is 179 Å². The van der Waals surface area contributed by atoms with Crippen molar-refractivity contribution in [2.24, 2.45) is 0 Å². The Hall–Kier alpha value is -2.34. The fourth-order valence-electron chi connectivity index (χ4n) is 4.15. The Bertz CT molecular complexity index is 926. The summed E-state index contributed by atoms with van der Waals surface area (Å²) in [6, 6.07) is 15.8. The van der Waals surface area contributed by atoms with Crippen molar-refractivity contribution in [1.29, 1.82) is 0 Å². The monoisotopic (exact) mass is 456 g/mol. The molecule has 5 nitrogen and oxygen atoms in total. The second-order valence-corrected chi connectivity index (χ2v) is 8.80. The van der Waals surface area contributed by atoms with Gasteiger partial charge < -0.3 is 15.0 Å². The standard InChI is InChI=1S/C23H25BrN2O3/c1-16-22(28)26(19-8-2-3-9-20(19)29-16)13-10-21(27)25-15-23(11-5-12-23)17-6-4-7-18(24)14-17/h2-4,6-9,14,16H,5,10-13,15H2,1H3,(H,25,27). The van der Waals surface area contributed by atoms with Crippen molar-refractivity contribution in [3.8, 4) is 5.75 Å². The fraction of sp³-hybridized carbons (Fsp3) is 0.391. The summed E-state index contributed by atoms with van der Waals surface area (Å²) in [4.78, 5) is 26.8. The van der Waals surface area contributed by atoms with Gasteiger partial charge in [0.15, 0.2) is 6.10 Å². The van der Waals surface area contributed by atoms with Crippen LogP contribution in [0.15, 0.2) is 53.0 Å². The van der Waals surface area contributed by atoms with Crippen LogP contribution in [0.3, 0.4) is 0 Å². The highest BCUT2D eigenvalue weighted by Gasteiger charge is 2.39. The third-order valence-corrected chi connectivity index (χ3v) is 6.50. The highest BCUT2D eigenvalue weighted by molar-refractivity contribution is 9.10. The molecule has 2 aliphatic rings. The van der Waals surface area contributed by atoms with Gasteiger partial charge in [0, 0.05) is 29.4 Å². The van der Waals surface area contributed by atoms with E-state index in [9.17, 15) is 9.59 Å². The number of carbonyl (C=O) groups excluding carboxylic acids is 2. The molecule has 1 aliphatic heterocycles. The Kier molecular flexibility index (Phi) is 5.63. The molecule has 2 aromatic carbocycles. The summed E-state index contributed by atoms with van der Waals surface area (Å²) in [5, 5.41) is 3.11. The fourth-order valence-corrected chi connectivity index (χ4v) is 4.55. The lowest BCUT2D eigenvalue weighted by Crippen LogP contribution is -2.48. The van der Waals surface area contributed by atoms with Crippen LogP contribution in [0.25, 0.3) is 0 Å². The van der Waals surface area contributed by atoms with Crippen molar-refractivity contribution in [2.75, 3.05) is 18.0 Å². The largest absolute Gasteiger partial charge is 0.479 e. The molecule has 0 radical (unpaired) electrons. The molecule has 1 fully saturated rings. The zero-order valence-electron chi connectivity index (χ0n) is 16.5. The number of para-hydroxylation sites is 2. The number of hydrogen-bond donors (Lipinski definition) is 1. The first-order chi connectivity index (χ1) is 14.0. The molecule has 152 valence electrons. The number of fused-ring (bicyclic) bond motifs is 1. The molecule has 2 aromatic rings. The van der Waals surface area contributed by atoms with E-state index in [2.05, 4.69) is 33.4 Å². The maximum absolute atomic E-state index is 12.6. The van der Waals surface area contributed by atoms with Crippen molar-refractivity contribution < 1.29 is 14.3 Å². The van der Waals surface area contributed by atoms with Crippen molar-refractivity contribution in [1.82, 2.24) is 5.32 Å². The summed E-state index contributed by atoms with van der Waals surface area (Å²) in [6.07, 6.45) is 3.07. The van der Waals surface area contributed by atoms with Crippen LogP contribution < -0.4 is 15.0 Å². The minimum atomic E-state index is -0.539. The molecule has 1 heterocycles. The number of ether oxygens (including phenoxy) is 1. The number of anilines is 1. The number of nitrogens with one attached hydrogen (secondary N) is 1. The Balaban J connectivity index is 1.37. The average Bonchev–Trinajstić information content (AvgIpc) is 2.67. The summed E-state index contributed by atoms with van der Waals surface area (Å²) in [7, 11) is 0. The highest BCUT2D eigenvalue weighted by atomic mass is 79.9. The van der Waals surface area contributed by atoms with Crippen LogP contribution in [0.1, 0.15) is 38.2 Å². The van der Waals surface area contributed by atoms with Crippen LogP contribution in [-0.2, 0) is 15.0 Å². The van der Waals surface area contributed by atoms with E-state index < -0.39 is 6.10 Å². The van der Waals surface area contributed by atoms with Crippen LogP contribution >= 0.6 is 15.9 Å². The molecular formula is C23H25BrN2O3. The van der Waals surface area contributed by atoms with Crippen LogP contribution in [0, 0.1) is 0 Å². The lowest BCUT2D eigenvalue weighted by Gasteiger charge is -2.42. The van der Waals surface area contributed by atoms with Gasteiger partial charge in [0.1, 0.15) is 5.75 Å². The van der Waals surface area contributed by atoms with Crippen LogP contribution in [0.5, 0.6) is 5.75 Å². The molecular weight excluding hydrogens is 432 g/mol. The molecule has 2 amide bonds. The lowest BCUT2D eigenvalue weighted by molar-refractivity contribution is -0.125. The Morgan fingerprint density at radius 2 is 2.03 bits per heavy atom. The summed E-state index contributed by atoms with van der Waals surface area (Å²) in [6.45, 7) is 2.72. The maximum Gasteiger partial charge on any atom is 0.267 e. The van der Waals surface area contributed by atoms with E-state index in [1.165, 1.54) is 12.0 Å². The number of carbonyl (C=O) groups is 2. The molecule has 1 unspecified atom stereocenters. The van der Waals surface area contributed by atoms with Crippen LogP contribution in [-0.4, -0.2) is 31.0 Å². The van der Waals surface area contributed by atoms with Gasteiger partial charge in [-0.25, -0.2) is 0 Å². The quantitative estimate of drug-likeness (QED) is 0.708. The molecule has 6 heteroatoms. The van der Waals surface area contributed by atoms with Gasteiger partial charge in [-0.15, -0.1) is 0 Å². The first kappa shape index (κ1) is 20.0. The minimum absolute atomic E-state index is 0.0232. The molecule has 0 saturated heterocycles. The molecule has 0 aromatic heterocycles. The molecule has 1 atom stereocenters. The van der Waals surface area contributed by atoms with Gasteiger partial charge in [-0.05, 0) is 49.6 Å². The predicted octanol–water partition coefficient (Wildman–Crippen LogP) is 4.19. The zero-order valence-corrected chi connectivity index (χ0v) is 18.1. The number of nitrogens with zero attached hydrogens (tertiary/aromatic N) is 1. The van der Waals surface area contributed by atoms with Gasteiger partial charge in [-0.1, -0.05) is 46.6 Å². The predicted molar refractivity (Wildman–Crippen MR) is 116 cm³/mol. The minimum Gasteiger partial charge on any atom is -0.479 e. The second-order valence-electron chi connectivity index (χ2n) is 7.89. The highest BCUT2D eigenvalue weighted by Crippen LogP contribution is 2.43. The molecule has 0 bridgehead atoms. The number of halogens is 1. The van der Waals surface area contributed by atoms with Gasteiger partial charge in [0.05, 0.1) is 5.69 Å². The first-order valence-corrected chi connectivity index (χ1v) is 10.9. The SMILES string of the molecule is CC1Oc2ccccc2N(CCC(=O)NCC2(c3cccc(Br)c3)CCC2)C1=O. The Morgan fingerprint density at radius 3 is 2.76 bits per heavy atom. The van der Waals surface area contributed by atoms with Crippen molar-refractivity contribution >= 4 is 33.4 Å². The van der Waals surface area contributed by atoms with E-state index >= 15 is 0 Å².